The second kappa shape index (κ2) is 7.68. The maximum atomic E-state index is 5.60. The molecule has 0 unspecified atom stereocenters. The Morgan fingerprint density at radius 3 is 2.43 bits per heavy atom. The van der Waals surface area contributed by atoms with E-state index < -0.39 is 0 Å². The standard InChI is InChI=1S/C11H15O.BrH.Mg/c1-11(2,3)12-9-10-7-5-4-6-8-10;;/h4-5,7-8H,9H2,1-3H3;1H;/q-1;;+2/p-1. The molecule has 0 bridgehead atoms. The first kappa shape index (κ1) is 16.8. The molecule has 0 aliphatic rings. The zero-order chi connectivity index (χ0) is 9.03. The first-order chi connectivity index (χ1) is 5.58. The molecule has 0 saturated carbocycles. The van der Waals surface area contributed by atoms with Crippen molar-refractivity contribution in [3.05, 3.63) is 35.9 Å². The molecular formula is C11H15BrMgO. The van der Waals surface area contributed by atoms with E-state index in [-0.39, 0.29) is 45.6 Å². The molecular weight excluding hydrogens is 252 g/mol. The van der Waals surface area contributed by atoms with Gasteiger partial charge in [0.15, 0.2) is 0 Å². The number of rotatable bonds is 2. The minimum absolute atomic E-state index is 0. The van der Waals surface area contributed by atoms with E-state index >= 15 is 0 Å². The third-order valence-corrected chi connectivity index (χ3v) is 1.44. The predicted octanol–water partition coefficient (Wildman–Crippen LogP) is -0.575. The van der Waals surface area contributed by atoms with Crippen LogP contribution in [-0.2, 0) is 11.3 Å². The predicted molar refractivity (Wildman–Crippen MR) is 55.6 cm³/mol. The van der Waals surface area contributed by atoms with Crippen molar-refractivity contribution in [2.75, 3.05) is 0 Å². The first-order valence-corrected chi connectivity index (χ1v) is 4.17. The third-order valence-electron chi connectivity index (χ3n) is 1.44. The van der Waals surface area contributed by atoms with Crippen LogP contribution in [0, 0.1) is 6.07 Å². The van der Waals surface area contributed by atoms with E-state index in [1.165, 1.54) is 5.56 Å². The summed E-state index contributed by atoms with van der Waals surface area (Å²) in [5, 5.41) is 0. The fraction of sp³-hybridized carbons (Fsp3) is 0.455. The number of hydrogen-bond donors (Lipinski definition) is 0. The van der Waals surface area contributed by atoms with Gasteiger partial charge < -0.3 is 21.7 Å². The minimum atomic E-state index is -0.0597. The number of benzene rings is 1. The zero-order valence-corrected chi connectivity index (χ0v) is 12.0. The summed E-state index contributed by atoms with van der Waals surface area (Å²) in [5.74, 6) is 0. The molecule has 14 heavy (non-hydrogen) atoms. The molecule has 1 aromatic rings. The van der Waals surface area contributed by atoms with Crippen molar-refractivity contribution in [3.63, 3.8) is 0 Å². The molecule has 1 rings (SSSR count). The number of halogens is 1. The molecule has 0 atom stereocenters. The van der Waals surface area contributed by atoms with E-state index in [1.807, 2.05) is 24.3 Å². The van der Waals surface area contributed by atoms with Crippen LogP contribution in [0.15, 0.2) is 24.3 Å². The molecule has 0 spiro atoms. The van der Waals surface area contributed by atoms with Gasteiger partial charge in [-0.05, 0) is 20.8 Å². The van der Waals surface area contributed by atoms with Gasteiger partial charge in [0.1, 0.15) is 0 Å². The van der Waals surface area contributed by atoms with Crippen molar-refractivity contribution in [1.82, 2.24) is 0 Å². The number of hydrogen-bond acceptors (Lipinski definition) is 1. The van der Waals surface area contributed by atoms with Gasteiger partial charge in [0, 0.05) is 6.61 Å². The maximum absolute atomic E-state index is 5.60. The Balaban J connectivity index is 0. The van der Waals surface area contributed by atoms with Crippen LogP contribution in [0.25, 0.3) is 0 Å². The molecule has 0 radical (unpaired) electrons. The second-order valence-corrected chi connectivity index (χ2v) is 3.81. The smallest absolute Gasteiger partial charge is 1.00 e. The van der Waals surface area contributed by atoms with Crippen LogP contribution in [0.4, 0.5) is 0 Å². The largest absolute Gasteiger partial charge is 2.00 e. The fourth-order valence-corrected chi connectivity index (χ4v) is 0.820. The second-order valence-electron chi connectivity index (χ2n) is 3.81. The van der Waals surface area contributed by atoms with Gasteiger partial charge in [0.05, 0.1) is 5.60 Å². The quantitative estimate of drug-likeness (QED) is 0.515. The normalized spacial score (nSPS) is 9.93. The number of ether oxygens (including phenoxy) is 1. The van der Waals surface area contributed by atoms with Gasteiger partial charge in [-0.25, -0.2) is 0 Å². The summed E-state index contributed by atoms with van der Waals surface area (Å²) in [6.45, 7) is 6.83. The van der Waals surface area contributed by atoms with Crippen molar-refractivity contribution in [1.29, 1.82) is 0 Å². The maximum Gasteiger partial charge on any atom is 2.00 e. The monoisotopic (exact) mass is 266 g/mol. The molecule has 0 aliphatic heterocycles. The Labute approximate surface area is 113 Å². The summed E-state index contributed by atoms with van der Waals surface area (Å²) in [5.41, 5.74) is 1.11. The Morgan fingerprint density at radius 2 is 2.00 bits per heavy atom. The Bertz CT molecular complexity index is 231. The van der Waals surface area contributed by atoms with Crippen LogP contribution in [-0.4, -0.2) is 28.7 Å². The summed E-state index contributed by atoms with van der Waals surface area (Å²) >= 11 is 0. The fourth-order valence-electron chi connectivity index (χ4n) is 0.820. The molecule has 1 nitrogen and oxygen atoms in total. The molecule has 74 valence electrons. The van der Waals surface area contributed by atoms with Crippen molar-refractivity contribution in [2.24, 2.45) is 0 Å². The molecule has 3 heteroatoms. The van der Waals surface area contributed by atoms with Crippen molar-refractivity contribution < 1.29 is 21.7 Å². The van der Waals surface area contributed by atoms with Crippen LogP contribution in [0.5, 0.6) is 0 Å². The van der Waals surface area contributed by atoms with Gasteiger partial charge in [-0.3, -0.25) is 0 Å². The van der Waals surface area contributed by atoms with E-state index in [2.05, 4.69) is 26.8 Å². The van der Waals surface area contributed by atoms with E-state index in [9.17, 15) is 0 Å². The average Bonchev–Trinajstić information content (AvgIpc) is 2.02. The third kappa shape index (κ3) is 7.80. The van der Waals surface area contributed by atoms with Crippen molar-refractivity contribution >= 4 is 23.1 Å². The topological polar surface area (TPSA) is 9.23 Å². The summed E-state index contributed by atoms with van der Waals surface area (Å²) in [7, 11) is 0. The minimum Gasteiger partial charge on any atom is -1.00 e. The Hall–Kier alpha value is 0.426. The van der Waals surface area contributed by atoms with Gasteiger partial charge in [0.25, 0.3) is 0 Å². The summed E-state index contributed by atoms with van der Waals surface area (Å²) in [4.78, 5) is 0. The van der Waals surface area contributed by atoms with E-state index in [0.717, 1.165) is 0 Å². The van der Waals surface area contributed by atoms with Crippen molar-refractivity contribution in [3.8, 4) is 0 Å². The van der Waals surface area contributed by atoms with Crippen LogP contribution in [0.2, 0.25) is 0 Å². The van der Waals surface area contributed by atoms with Gasteiger partial charge in [-0.1, -0.05) is 0 Å². The SMILES string of the molecule is CC(C)(C)OCc1c[c-]ccc1.[Br-].[Mg+2]. The van der Waals surface area contributed by atoms with Crippen molar-refractivity contribution in [2.45, 2.75) is 33.0 Å². The Kier molecular flexibility index (Phi) is 9.24. The molecule has 0 amide bonds. The molecule has 1 aromatic carbocycles. The van der Waals surface area contributed by atoms with Gasteiger partial charge >= 0.3 is 23.1 Å². The van der Waals surface area contributed by atoms with E-state index in [1.54, 1.807) is 0 Å². The first-order valence-electron chi connectivity index (χ1n) is 4.17. The van der Waals surface area contributed by atoms with E-state index in [4.69, 9.17) is 4.74 Å². The zero-order valence-electron chi connectivity index (χ0n) is 9.01. The van der Waals surface area contributed by atoms with Crippen LogP contribution in [0.1, 0.15) is 26.3 Å². The average molecular weight is 267 g/mol. The van der Waals surface area contributed by atoms with Gasteiger partial charge in [-0.2, -0.15) is 30.3 Å². The van der Waals surface area contributed by atoms with Crippen LogP contribution < -0.4 is 17.0 Å². The molecule has 0 aliphatic carbocycles. The summed E-state index contributed by atoms with van der Waals surface area (Å²) in [6.07, 6.45) is 0. The molecule has 0 saturated heterocycles. The van der Waals surface area contributed by atoms with Crippen LogP contribution in [0.3, 0.4) is 0 Å². The van der Waals surface area contributed by atoms with E-state index in [0.29, 0.717) is 6.61 Å². The van der Waals surface area contributed by atoms with Crippen LogP contribution >= 0.6 is 0 Å². The molecule has 0 N–H and O–H groups in total. The molecule has 0 heterocycles. The molecule has 0 aromatic heterocycles. The Morgan fingerprint density at radius 1 is 1.36 bits per heavy atom. The van der Waals surface area contributed by atoms with Gasteiger partial charge in [0.2, 0.25) is 0 Å². The summed E-state index contributed by atoms with van der Waals surface area (Å²) < 4.78 is 5.60. The summed E-state index contributed by atoms with van der Waals surface area (Å²) in [6, 6.07) is 10.9. The molecule has 0 fully saturated rings. The van der Waals surface area contributed by atoms with Gasteiger partial charge in [-0.15, -0.1) is 5.56 Å².